The van der Waals surface area contributed by atoms with E-state index in [9.17, 15) is 9.90 Å². The lowest BCUT2D eigenvalue weighted by atomic mass is 10.2. The summed E-state index contributed by atoms with van der Waals surface area (Å²) in [5.41, 5.74) is 0.870. The first kappa shape index (κ1) is 13.4. The fourth-order valence-corrected chi connectivity index (χ4v) is 2.67. The number of aromatic carboxylic acids is 1. The van der Waals surface area contributed by atoms with Crippen LogP contribution in [-0.4, -0.2) is 22.6 Å². The largest absolute Gasteiger partial charge is 0.497 e. The molecule has 1 heterocycles. The summed E-state index contributed by atoms with van der Waals surface area (Å²) in [5.74, 6) is -0.343. The molecule has 0 aliphatic rings. The molecule has 0 spiro atoms. The molecule has 0 atom stereocenters. The van der Waals surface area contributed by atoms with Gasteiger partial charge >= 0.3 is 5.97 Å². The molecule has 0 aliphatic carbocycles. The third kappa shape index (κ3) is 2.53. The van der Waals surface area contributed by atoms with Crippen LogP contribution in [0.1, 0.15) is 10.4 Å². The van der Waals surface area contributed by atoms with Crippen molar-refractivity contribution in [1.29, 1.82) is 0 Å². The van der Waals surface area contributed by atoms with E-state index in [0.717, 1.165) is 10.9 Å². The summed E-state index contributed by atoms with van der Waals surface area (Å²) >= 11 is 1.19. The summed E-state index contributed by atoms with van der Waals surface area (Å²) in [6.45, 7) is 0. The third-order valence-electron chi connectivity index (χ3n) is 2.97. The molecule has 0 radical (unpaired) electrons. The van der Waals surface area contributed by atoms with Crippen molar-refractivity contribution in [1.82, 2.24) is 4.37 Å². The maximum Gasteiger partial charge on any atom is 0.339 e. The number of rotatable bonds is 4. The second-order valence-electron chi connectivity index (χ2n) is 4.26. The average molecular weight is 301 g/mol. The Bertz CT molecular complexity index is 812. The van der Waals surface area contributed by atoms with Crippen LogP contribution in [-0.2, 0) is 0 Å². The van der Waals surface area contributed by atoms with E-state index < -0.39 is 5.97 Å². The zero-order valence-corrected chi connectivity index (χ0v) is 11.9. The average Bonchev–Trinajstić information content (AvgIpc) is 2.91. The molecular weight excluding hydrogens is 290 g/mol. The number of nitrogens with zero attached hydrogens (tertiary/aromatic N) is 1. The van der Waals surface area contributed by atoms with E-state index in [0.29, 0.717) is 10.8 Å². The van der Waals surface area contributed by atoms with Crippen molar-refractivity contribution < 1.29 is 19.4 Å². The fraction of sp³-hybridized carbons (Fsp3) is 0.0667. The number of ether oxygens (including phenoxy) is 2. The van der Waals surface area contributed by atoms with Crippen LogP contribution in [0.25, 0.3) is 10.9 Å². The topological polar surface area (TPSA) is 68.7 Å². The van der Waals surface area contributed by atoms with Gasteiger partial charge in [0, 0.05) is 11.5 Å². The summed E-state index contributed by atoms with van der Waals surface area (Å²) in [6, 6.07) is 12.2. The molecule has 0 amide bonds. The van der Waals surface area contributed by atoms with Gasteiger partial charge in [0.1, 0.15) is 17.1 Å². The number of carboxylic acid groups (broad SMARTS) is 1. The van der Waals surface area contributed by atoms with Crippen LogP contribution in [0.2, 0.25) is 0 Å². The van der Waals surface area contributed by atoms with E-state index >= 15 is 0 Å². The van der Waals surface area contributed by atoms with Gasteiger partial charge in [0.05, 0.1) is 18.0 Å². The molecule has 0 saturated carbocycles. The molecule has 0 aliphatic heterocycles. The molecule has 6 heteroatoms. The van der Waals surface area contributed by atoms with Crippen LogP contribution < -0.4 is 9.47 Å². The van der Waals surface area contributed by atoms with Crippen LogP contribution in [0, 0.1) is 0 Å². The highest BCUT2D eigenvalue weighted by Crippen LogP contribution is 2.36. The summed E-state index contributed by atoms with van der Waals surface area (Å²) < 4.78 is 15.0. The predicted molar refractivity (Wildman–Crippen MR) is 79.6 cm³/mol. The SMILES string of the molecule is COc1ccc(Oc2snc3ccccc23)c(C(=O)O)c1. The van der Waals surface area contributed by atoms with Gasteiger partial charge in [-0.2, -0.15) is 4.37 Å². The Kier molecular flexibility index (Phi) is 3.45. The minimum absolute atomic E-state index is 0.0480. The zero-order valence-electron chi connectivity index (χ0n) is 11.1. The second-order valence-corrected chi connectivity index (χ2v) is 4.99. The van der Waals surface area contributed by atoms with E-state index in [1.807, 2.05) is 24.3 Å². The molecule has 21 heavy (non-hydrogen) atoms. The number of hydrogen-bond donors (Lipinski definition) is 1. The van der Waals surface area contributed by atoms with Crippen molar-refractivity contribution in [3.63, 3.8) is 0 Å². The fourth-order valence-electron chi connectivity index (χ4n) is 1.93. The van der Waals surface area contributed by atoms with Gasteiger partial charge in [-0.15, -0.1) is 0 Å². The highest BCUT2D eigenvalue weighted by Gasteiger charge is 2.16. The molecule has 0 bridgehead atoms. The number of benzene rings is 2. The quantitative estimate of drug-likeness (QED) is 0.794. The molecular formula is C15H11NO4S. The first-order chi connectivity index (χ1) is 10.2. The Balaban J connectivity index is 2.03. The van der Waals surface area contributed by atoms with Gasteiger partial charge in [-0.3, -0.25) is 0 Å². The normalized spacial score (nSPS) is 10.5. The Morgan fingerprint density at radius 2 is 2.05 bits per heavy atom. The maximum absolute atomic E-state index is 11.3. The van der Waals surface area contributed by atoms with Gasteiger partial charge in [0.25, 0.3) is 0 Å². The monoisotopic (exact) mass is 301 g/mol. The van der Waals surface area contributed by atoms with E-state index in [2.05, 4.69) is 4.37 Å². The summed E-state index contributed by atoms with van der Waals surface area (Å²) in [5, 5.41) is 10.7. The standard InChI is InChI=1S/C15H11NO4S/c1-19-9-6-7-13(11(8-9)14(17)18)20-15-10-4-2-3-5-12(10)16-21-15/h2-8H,1H3,(H,17,18). The van der Waals surface area contributed by atoms with Crippen LogP contribution in [0.4, 0.5) is 0 Å². The summed E-state index contributed by atoms with van der Waals surface area (Å²) in [6.07, 6.45) is 0. The lowest BCUT2D eigenvalue weighted by Gasteiger charge is -2.08. The third-order valence-corrected chi connectivity index (χ3v) is 3.73. The molecule has 106 valence electrons. The first-order valence-electron chi connectivity index (χ1n) is 6.12. The molecule has 5 nitrogen and oxygen atoms in total. The second kappa shape index (κ2) is 5.41. The maximum atomic E-state index is 11.3. The molecule has 3 rings (SSSR count). The molecule has 0 saturated heterocycles. The Morgan fingerprint density at radius 1 is 1.24 bits per heavy atom. The highest BCUT2D eigenvalue weighted by molar-refractivity contribution is 7.09. The van der Waals surface area contributed by atoms with Crippen molar-refractivity contribution in [2.24, 2.45) is 0 Å². The lowest BCUT2D eigenvalue weighted by molar-refractivity contribution is 0.0694. The van der Waals surface area contributed by atoms with Crippen molar-refractivity contribution in [3.8, 4) is 16.6 Å². The number of carboxylic acids is 1. The van der Waals surface area contributed by atoms with Gasteiger partial charge in [0.2, 0.25) is 5.06 Å². The molecule has 2 aromatic carbocycles. The van der Waals surface area contributed by atoms with Crippen LogP contribution in [0.3, 0.4) is 0 Å². The Hall–Kier alpha value is -2.60. The van der Waals surface area contributed by atoms with Gasteiger partial charge in [0.15, 0.2) is 0 Å². The van der Waals surface area contributed by atoms with Crippen LogP contribution in [0.15, 0.2) is 42.5 Å². The molecule has 1 aromatic heterocycles. The van der Waals surface area contributed by atoms with Gasteiger partial charge < -0.3 is 14.6 Å². The highest BCUT2D eigenvalue weighted by atomic mass is 32.1. The van der Waals surface area contributed by atoms with Crippen LogP contribution >= 0.6 is 11.5 Å². The van der Waals surface area contributed by atoms with Crippen LogP contribution in [0.5, 0.6) is 16.6 Å². The van der Waals surface area contributed by atoms with Crippen molar-refractivity contribution in [2.45, 2.75) is 0 Å². The smallest absolute Gasteiger partial charge is 0.339 e. The predicted octanol–water partition coefficient (Wildman–Crippen LogP) is 3.80. The van der Waals surface area contributed by atoms with E-state index in [1.165, 1.54) is 24.7 Å². The zero-order chi connectivity index (χ0) is 14.8. The van der Waals surface area contributed by atoms with Crippen molar-refractivity contribution in [3.05, 3.63) is 48.0 Å². The van der Waals surface area contributed by atoms with E-state index in [1.54, 1.807) is 12.1 Å². The van der Waals surface area contributed by atoms with Crippen molar-refractivity contribution >= 4 is 28.4 Å². The van der Waals surface area contributed by atoms with Gasteiger partial charge in [-0.05, 0) is 30.3 Å². The lowest BCUT2D eigenvalue weighted by Crippen LogP contribution is -2.00. The minimum Gasteiger partial charge on any atom is -0.497 e. The van der Waals surface area contributed by atoms with Crippen molar-refractivity contribution in [2.75, 3.05) is 7.11 Å². The van der Waals surface area contributed by atoms with Gasteiger partial charge in [-0.25, -0.2) is 4.79 Å². The molecule has 1 N–H and O–H groups in total. The minimum atomic E-state index is -1.07. The van der Waals surface area contributed by atoms with Gasteiger partial charge in [-0.1, -0.05) is 12.1 Å². The number of methoxy groups -OCH3 is 1. The summed E-state index contributed by atoms with van der Waals surface area (Å²) in [4.78, 5) is 11.3. The van der Waals surface area contributed by atoms with E-state index in [-0.39, 0.29) is 11.3 Å². The first-order valence-corrected chi connectivity index (χ1v) is 6.90. The molecule has 0 fully saturated rings. The van der Waals surface area contributed by atoms with E-state index in [4.69, 9.17) is 9.47 Å². The number of fused-ring (bicyclic) bond motifs is 1. The Labute approximate surface area is 124 Å². The summed E-state index contributed by atoms with van der Waals surface area (Å²) in [7, 11) is 1.48. The number of aromatic nitrogens is 1. The number of hydrogen-bond acceptors (Lipinski definition) is 5. The molecule has 3 aromatic rings. The number of carbonyl (C=O) groups is 1. The molecule has 0 unspecified atom stereocenters. The Morgan fingerprint density at radius 3 is 2.81 bits per heavy atom.